The number of nitrogens with one attached hydrogen (secondary N) is 1. The molecule has 7 nitrogen and oxygen atoms in total. The van der Waals surface area contributed by atoms with E-state index in [1.165, 1.54) is 17.7 Å². The first-order valence-electron chi connectivity index (χ1n) is 8.59. The number of halogens is 1. The SMILES string of the molecule is C=CCOC(=O)C1=C(C)Nc2c(c(=O)n(C)c(=O)n2C)C1c1ccccc1Br. The molecule has 2 heterocycles. The molecule has 146 valence electrons. The van der Waals surface area contributed by atoms with Gasteiger partial charge in [-0.2, -0.15) is 0 Å². The Morgan fingerprint density at radius 1 is 1.29 bits per heavy atom. The lowest BCUT2D eigenvalue weighted by Gasteiger charge is -2.31. The summed E-state index contributed by atoms with van der Waals surface area (Å²) in [6.45, 7) is 5.34. The van der Waals surface area contributed by atoms with Gasteiger partial charge in [-0.3, -0.25) is 13.9 Å². The minimum absolute atomic E-state index is 0.0520. The summed E-state index contributed by atoms with van der Waals surface area (Å²) >= 11 is 3.52. The van der Waals surface area contributed by atoms with Crippen LogP contribution in [0.15, 0.2) is 62.3 Å². The molecule has 0 radical (unpaired) electrons. The van der Waals surface area contributed by atoms with E-state index in [4.69, 9.17) is 4.74 Å². The van der Waals surface area contributed by atoms with E-state index in [9.17, 15) is 14.4 Å². The molecule has 1 aliphatic heterocycles. The zero-order valence-corrected chi connectivity index (χ0v) is 17.4. The summed E-state index contributed by atoms with van der Waals surface area (Å²) < 4.78 is 8.44. The molecule has 0 bridgehead atoms. The van der Waals surface area contributed by atoms with Gasteiger partial charge in [0.15, 0.2) is 0 Å². The normalized spacial score (nSPS) is 15.6. The number of hydrogen-bond acceptors (Lipinski definition) is 5. The molecule has 2 aromatic rings. The quantitative estimate of drug-likeness (QED) is 0.576. The number of anilines is 1. The van der Waals surface area contributed by atoms with Crippen LogP contribution in [-0.2, 0) is 23.6 Å². The molecule has 0 saturated heterocycles. The van der Waals surface area contributed by atoms with E-state index >= 15 is 0 Å². The smallest absolute Gasteiger partial charge is 0.337 e. The fourth-order valence-electron chi connectivity index (χ4n) is 3.39. The van der Waals surface area contributed by atoms with Gasteiger partial charge in [-0.25, -0.2) is 9.59 Å². The van der Waals surface area contributed by atoms with E-state index in [0.29, 0.717) is 22.7 Å². The first kappa shape index (κ1) is 19.9. The highest BCUT2D eigenvalue weighted by molar-refractivity contribution is 9.10. The van der Waals surface area contributed by atoms with Gasteiger partial charge in [0.1, 0.15) is 12.4 Å². The third-order valence-electron chi connectivity index (χ3n) is 4.76. The van der Waals surface area contributed by atoms with E-state index < -0.39 is 23.1 Å². The average Bonchev–Trinajstić information content (AvgIpc) is 2.68. The van der Waals surface area contributed by atoms with Crippen molar-refractivity contribution in [1.82, 2.24) is 9.13 Å². The summed E-state index contributed by atoms with van der Waals surface area (Å²) in [4.78, 5) is 38.3. The summed E-state index contributed by atoms with van der Waals surface area (Å²) in [5, 5.41) is 3.05. The summed E-state index contributed by atoms with van der Waals surface area (Å²) in [6.07, 6.45) is 1.48. The van der Waals surface area contributed by atoms with Crippen molar-refractivity contribution in [3.63, 3.8) is 0 Å². The van der Waals surface area contributed by atoms with Crippen LogP contribution in [0.1, 0.15) is 24.0 Å². The number of fused-ring (bicyclic) bond motifs is 1. The number of rotatable bonds is 4. The van der Waals surface area contributed by atoms with Gasteiger partial charge < -0.3 is 10.1 Å². The van der Waals surface area contributed by atoms with Gasteiger partial charge in [0.2, 0.25) is 0 Å². The van der Waals surface area contributed by atoms with Crippen LogP contribution < -0.4 is 16.6 Å². The zero-order chi connectivity index (χ0) is 20.6. The number of nitrogens with zero attached hydrogens (tertiary/aromatic N) is 2. The van der Waals surface area contributed by atoms with Crippen LogP contribution in [0.2, 0.25) is 0 Å². The highest BCUT2D eigenvalue weighted by atomic mass is 79.9. The molecule has 3 rings (SSSR count). The first-order valence-corrected chi connectivity index (χ1v) is 9.39. The standard InChI is InChI=1S/C20H20BrN3O4/c1-5-10-28-19(26)14-11(2)22-17-16(18(25)24(4)20(27)23(17)3)15(14)12-8-6-7-9-13(12)21/h5-9,15,22H,1,10H2,2-4H3. The van der Waals surface area contributed by atoms with Gasteiger partial charge in [0, 0.05) is 24.3 Å². The van der Waals surface area contributed by atoms with Gasteiger partial charge in [-0.15, -0.1) is 0 Å². The number of aromatic nitrogens is 2. The minimum atomic E-state index is -0.699. The minimum Gasteiger partial charge on any atom is -0.458 e. The Hall–Kier alpha value is -2.87. The monoisotopic (exact) mass is 445 g/mol. The lowest BCUT2D eigenvalue weighted by atomic mass is 9.82. The second-order valence-corrected chi connectivity index (χ2v) is 7.33. The number of allylic oxidation sites excluding steroid dienone is 1. The maximum Gasteiger partial charge on any atom is 0.337 e. The van der Waals surface area contributed by atoms with Gasteiger partial charge in [-0.1, -0.05) is 46.8 Å². The Balaban J connectivity index is 2.37. The Labute approximate surface area is 170 Å². The predicted octanol–water partition coefficient (Wildman–Crippen LogP) is 2.41. The maximum atomic E-state index is 13.1. The van der Waals surface area contributed by atoms with Crippen molar-refractivity contribution in [2.24, 2.45) is 14.1 Å². The Kier molecular flexibility index (Phi) is 5.42. The van der Waals surface area contributed by atoms with Crippen molar-refractivity contribution < 1.29 is 9.53 Å². The van der Waals surface area contributed by atoms with Crippen molar-refractivity contribution >= 4 is 27.7 Å². The van der Waals surface area contributed by atoms with E-state index in [0.717, 1.165) is 14.6 Å². The van der Waals surface area contributed by atoms with Crippen molar-refractivity contribution in [1.29, 1.82) is 0 Å². The zero-order valence-electron chi connectivity index (χ0n) is 15.8. The van der Waals surface area contributed by atoms with Crippen LogP contribution in [0.4, 0.5) is 5.82 Å². The van der Waals surface area contributed by atoms with Gasteiger partial charge in [0.05, 0.1) is 17.1 Å². The fraction of sp³-hybridized carbons (Fsp3) is 0.250. The molecule has 0 amide bonds. The lowest BCUT2D eigenvalue weighted by molar-refractivity contribution is -0.138. The predicted molar refractivity (Wildman–Crippen MR) is 110 cm³/mol. The highest BCUT2D eigenvalue weighted by Gasteiger charge is 2.38. The number of benzene rings is 1. The van der Waals surface area contributed by atoms with Crippen molar-refractivity contribution in [3.05, 3.63) is 84.6 Å². The van der Waals surface area contributed by atoms with Gasteiger partial charge in [0.25, 0.3) is 5.56 Å². The van der Waals surface area contributed by atoms with Crippen LogP contribution in [0.5, 0.6) is 0 Å². The molecular weight excluding hydrogens is 426 g/mol. The van der Waals surface area contributed by atoms with Crippen LogP contribution in [0, 0.1) is 0 Å². The molecule has 1 aromatic carbocycles. The molecule has 1 aromatic heterocycles. The number of ether oxygens (including phenoxy) is 1. The number of esters is 1. The van der Waals surface area contributed by atoms with Gasteiger partial charge >= 0.3 is 11.7 Å². The number of carbonyl (C=O) groups is 1. The lowest BCUT2D eigenvalue weighted by Crippen LogP contribution is -2.43. The Morgan fingerprint density at radius 3 is 2.61 bits per heavy atom. The molecule has 8 heteroatoms. The van der Waals surface area contributed by atoms with E-state index in [-0.39, 0.29) is 6.61 Å². The third-order valence-corrected chi connectivity index (χ3v) is 5.48. The molecule has 1 aliphatic rings. The summed E-state index contributed by atoms with van der Waals surface area (Å²) in [5.41, 5.74) is 0.960. The second kappa shape index (κ2) is 7.63. The fourth-order valence-corrected chi connectivity index (χ4v) is 3.90. The molecule has 1 N–H and O–H groups in total. The van der Waals surface area contributed by atoms with Crippen LogP contribution in [-0.4, -0.2) is 21.7 Å². The molecule has 0 aliphatic carbocycles. The summed E-state index contributed by atoms with van der Waals surface area (Å²) in [6, 6.07) is 7.35. The maximum absolute atomic E-state index is 13.1. The molecule has 0 fully saturated rings. The average molecular weight is 446 g/mol. The Morgan fingerprint density at radius 2 is 1.96 bits per heavy atom. The number of hydrogen-bond donors (Lipinski definition) is 1. The Bertz CT molecular complexity index is 1130. The molecular formula is C20H20BrN3O4. The molecule has 28 heavy (non-hydrogen) atoms. The van der Waals surface area contributed by atoms with E-state index in [2.05, 4.69) is 27.8 Å². The van der Waals surface area contributed by atoms with E-state index in [1.54, 1.807) is 14.0 Å². The van der Waals surface area contributed by atoms with Gasteiger partial charge in [-0.05, 0) is 18.6 Å². The largest absolute Gasteiger partial charge is 0.458 e. The molecule has 0 spiro atoms. The van der Waals surface area contributed by atoms with Crippen molar-refractivity contribution in [2.45, 2.75) is 12.8 Å². The third kappa shape index (κ3) is 3.13. The molecule has 0 saturated carbocycles. The molecule has 1 atom stereocenters. The molecule has 1 unspecified atom stereocenters. The summed E-state index contributed by atoms with van der Waals surface area (Å²) in [5.74, 6) is -0.881. The topological polar surface area (TPSA) is 82.3 Å². The van der Waals surface area contributed by atoms with Crippen LogP contribution in [0.3, 0.4) is 0 Å². The van der Waals surface area contributed by atoms with Crippen LogP contribution >= 0.6 is 15.9 Å². The summed E-state index contributed by atoms with van der Waals surface area (Å²) in [7, 11) is 3.00. The van der Waals surface area contributed by atoms with Crippen LogP contribution in [0.25, 0.3) is 0 Å². The number of carbonyl (C=O) groups excluding carboxylic acids is 1. The van der Waals surface area contributed by atoms with E-state index in [1.807, 2.05) is 24.3 Å². The second-order valence-electron chi connectivity index (χ2n) is 6.47. The highest BCUT2D eigenvalue weighted by Crippen LogP contribution is 2.42. The first-order chi connectivity index (χ1) is 13.3. The van der Waals surface area contributed by atoms with Crippen molar-refractivity contribution in [2.75, 3.05) is 11.9 Å². The van der Waals surface area contributed by atoms with Crippen molar-refractivity contribution in [3.8, 4) is 0 Å².